The average molecular weight is 559 g/mol. The minimum absolute atomic E-state index is 0.582. The van der Waals surface area contributed by atoms with Crippen molar-refractivity contribution in [2.45, 2.75) is 25.7 Å². The van der Waals surface area contributed by atoms with Crippen LogP contribution in [0.3, 0.4) is 0 Å². The van der Waals surface area contributed by atoms with Crippen LogP contribution in [0.4, 0.5) is 0 Å². The molecule has 0 aliphatic heterocycles. The van der Waals surface area contributed by atoms with Gasteiger partial charge in [0.1, 0.15) is 5.75 Å². The summed E-state index contributed by atoms with van der Waals surface area (Å²) in [6, 6.07) is 24.1. The summed E-state index contributed by atoms with van der Waals surface area (Å²) < 4.78 is 39.5. The number of ether oxygens (including phenoxy) is 7. The number of methoxy groups -OCH3 is 6. The molecule has 0 unspecified atom stereocenters. The summed E-state index contributed by atoms with van der Waals surface area (Å²) >= 11 is 0. The summed E-state index contributed by atoms with van der Waals surface area (Å²) in [4.78, 5) is 0. The zero-order valence-corrected chi connectivity index (χ0v) is 24.6. The first kappa shape index (κ1) is 29.5. The lowest BCUT2D eigenvalue weighted by Crippen LogP contribution is -1.99. The van der Waals surface area contributed by atoms with Gasteiger partial charge in [-0.1, -0.05) is 24.3 Å². The quantitative estimate of drug-likeness (QED) is 0.164. The van der Waals surface area contributed by atoms with E-state index in [1.54, 1.807) is 42.7 Å². The van der Waals surface area contributed by atoms with Crippen LogP contribution in [0.5, 0.6) is 46.0 Å². The number of benzene rings is 4. The molecule has 0 spiro atoms. The maximum Gasteiger partial charge on any atom is 0.203 e. The van der Waals surface area contributed by atoms with Crippen LogP contribution in [0.25, 0.3) is 0 Å². The third-order valence-electron chi connectivity index (χ3n) is 6.94. The molecular formula is C34H38O7. The third-order valence-corrected chi connectivity index (χ3v) is 6.94. The molecule has 0 saturated carbocycles. The van der Waals surface area contributed by atoms with Crippen LogP contribution in [-0.4, -0.2) is 42.7 Å². The Morgan fingerprint density at radius 3 is 1.32 bits per heavy atom. The predicted octanol–water partition coefficient (Wildman–Crippen LogP) is 7.10. The zero-order chi connectivity index (χ0) is 29.2. The molecule has 216 valence electrons. The molecule has 0 fully saturated rings. The van der Waals surface area contributed by atoms with Gasteiger partial charge in [0, 0.05) is 0 Å². The van der Waals surface area contributed by atoms with Crippen LogP contribution in [0.15, 0.2) is 72.8 Å². The van der Waals surface area contributed by atoms with Gasteiger partial charge in [-0.3, -0.25) is 0 Å². The lowest BCUT2D eigenvalue weighted by atomic mass is 10.0. The van der Waals surface area contributed by atoms with Crippen molar-refractivity contribution in [3.05, 3.63) is 95.1 Å². The van der Waals surface area contributed by atoms with E-state index in [0.29, 0.717) is 40.2 Å². The Morgan fingerprint density at radius 1 is 0.390 bits per heavy atom. The maximum absolute atomic E-state index is 6.42. The molecule has 0 amide bonds. The molecule has 0 bridgehead atoms. The van der Waals surface area contributed by atoms with Crippen LogP contribution in [0.2, 0.25) is 0 Å². The van der Waals surface area contributed by atoms with Gasteiger partial charge in [0.2, 0.25) is 5.75 Å². The Hall–Kier alpha value is -4.52. The van der Waals surface area contributed by atoms with E-state index in [2.05, 4.69) is 18.2 Å². The predicted molar refractivity (Wildman–Crippen MR) is 160 cm³/mol. The molecule has 4 rings (SSSR count). The van der Waals surface area contributed by atoms with Gasteiger partial charge in [0.15, 0.2) is 34.5 Å². The second kappa shape index (κ2) is 14.2. The second-order valence-electron chi connectivity index (χ2n) is 9.46. The summed E-state index contributed by atoms with van der Waals surface area (Å²) in [5.41, 5.74) is 4.52. The van der Waals surface area contributed by atoms with E-state index >= 15 is 0 Å². The van der Waals surface area contributed by atoms with Crippen LogP contribution < -0.4 is 33.2 Å². The van der Waals surface area contributed by atoms with E-state index in [0.717, 1.165) is 48.1 Å². The Labute approximate surface area is 242 Å². The van der Waals surface area contributed by atoms with Crippen molar-refractivity contribution in [1.29, 1.82) is 0 Å². The summed E-state index contributed by atoms with van der Waals surface area (Å²) in [5.74, 6) is 5.27. The van der Waals surface area contributed by atoms with E-state index in [4.69, 9.17) is 33.2 Å². The summed E-state index contributed by atoms with van der Waals surface area (Å²) in [6.45, 7) is 0. The largest absolute Gasteiger partial charge is 0.497 e. The highest BCUT2D eigenvalue weighted by atomic mass is 16.5. The fraction of sp³-hybridized carbons (Fsp3) is 0.294. The first-order valence-corrected chi connectivity index (χ1v) is 13.4. The Kier molecular flexibility index (Phi) is 10.2. The van der Waals surface area contributed by atoms with Crippen molar-refractivity contribution in [2.24, 2.45) is 0 Å². The molecular weight excluding hydrogens is 520 g/mol. The van der Waals surface area contributed by atoms with E-state index in [1.165, 1.54) is 5.56 Å². The summed E-state index contributed by atoms with van der Waals surface area (Å²) in [5, 5.41) is 0. The highest BCUT2D eigenvalue weighted by Gasteiger charge is 2.15. The Morgan fingerprint density at radius 2 is 0.854 bits per heavy atom. The molecule has 0 atom stereocenters. The second-order valence-corrected chi connectivity index (χ2v) is 9.46. The number of aryl methyl sites for hydroxylation is 4. The fourth-order valence-electron chi connectivity index (χ4n) is 4.72. The number of rotatable bonds is 14. The first-order chi connectivity index (χ1) is 20.0. The molecule has 0 aliphatic carbocycles. The van der Waals surface area contributed by atoms with Crippen molar-refractivity contribution in [3.63, 3.8) is 0 Å². The number of hydrogen-bond donors (Lipinski definition) is 0. The molecule has 0 heterocycles. The standard InChI is InChI=1S/C34H38O7/c1-35-27-9-7-8-23(18-27)10-11-24-14-16-28(36-2)30(19-24)41-31-20-25(15-17-29(31)37-3)12-13-26-21-32(38-4)34(40-6)33(22-26)39-5/h7-9,14-22H,10-13H2,1-6H3. The van der Waals surface area contributed by atoms with Crippen molar-refractivity contribution in [2.75, 3.05) is 42.7 Å². The van der Waals surface area contributed by atoms with Crippen molar-refractivity contribution < 1.29 is 33.2 Å². The van der Waals surface area contributed by atoms with Crippen molar-refractivity contribution in [3.8, 4) is 46.0 Å². The fourth-order valence-corrected chi connectivity index (χ4v) is 4.72. The van der Waals surface area contributed by atoms with Crippen molar-refractivity contribution >= 4 is 0 Å². The smallest absolute Gasteiger partial charge is 0.203 e. The van der Waals surface area contributed by atoms with Gasteiger partial charge < -0.3 is 33.2 Å². The van der Waals surface area contributed by atoms with Crippen LogP contribution in [0, 0.1) is 0 Å². The van der Waals surface area contributed by atoms with E-state index in [9.17, 15) is 0 Å². The van der Waals surface area contributed by atoms with Gasteiger partial charge in [-0.25, -0.2) is 0 Å². The molecule has 7 heteroatoms. The third kappa shape index (κ3) is 7.37. The van der Waals surface area contributed by atoms with Gasteiger partial charge in [-0.05, 0) is 96.5 Å². The van der Waals surface area contributed by atoms with Crippen LogP contribution in [-0.2, 0) is 25.7 Å². The SMILES string of the molecule is COc1cccc(CCc2ccc(OC)c(Oc3cc(CCc4cc(OC)c(OC)c(OC)c4)ccc3OC)c2)c1. The molecule has 4 aromatic carbocycles. The van der Waals surface area contributed by atoms with Crippen LogP contribution >= 0.6 is 0 Å². The Balaban J connectivity index is 1.52. The van der Waals surface area contributed by atoms with Gasteiger partial charge in [0.25, 0.3) is 0 Å². The molecule has 0 aliphatic rings. The van der Waals surface area contributed by atoms with Crippen molar-refractivity contribution in [1.82, 2.24) is 0 Å². The molecule has 0 radical (unpaired) electrons. The van der Waals surface area contributed by atoms with Gasteiger partial charge in [-0.15, -0.1) is 0 Å². The highest BCUT2D eigenvalue weighted by Crippen LogP contribution is 2.40. The van der Waals surface area contributed by atoms with Gasteiger partial charge in [0.05, 0.1) is 42.7 Å². The molecule has 0 N–H and O–H groups in total. The maximum atomic E-state index is 6.42. The Bertz CT molecular complexity index is 1420. The van der Waals surface area contributed by atoms with Crippen LogP contribution in [0.1, 0.15) is 22.3 Å². The highest BCUT2D eigenvalue weighted by molar-refractivity contribution is 5.54. The average Bonchev–Trinajstić information content (AvgIpc) is 3.02. The molecule has 41 heavy (non-hydrogen) atoms. The molecule has 4 aromatic rings. The zero-order valence-electron chi connectivity index (χ0n) is 24.6. The van der Waals surface area contributed by atoms with Gasteiger partial charge >= 0.3 is 0 Å². The monoisotopic (exact) mass is 558 g/mol. The normalized spacial score (nSPS) is 10.6. The minimum Gasteiger partial charge on any atom is -0.497 e. The molecule has 0 saturated heterocycles. The lowest BCUT2D eigenvalue weighted by Gasteiger charge is -2.16. The number of hydrogen-bond acceptors (Lipinski definition) is 7. The summed E-state index contributed by atoms with van der Waals surface area (Å²) in [7, 11) is 9.81. The molecule has 0 aromatic heterocycles. The van der Waals surface area contributed by atoms with E-state index in [-0.39, 0.29) is 0 Å². The first-order valence-electron chi connectivity index (χ1n) is 13.4. The topological polar surface area (TPSA) is 64.6 Å². The molecule has 7 nitrogen and oxygen atoms in total. The lowest BCUT2D eigenvalue weighted by molar-refractivity contribution is 0.324. The summed E-state index contributed by atoms with van der Waals surface area (Å²) in [6.07, 6.45) is 3.27. The van der Waals surface area contributed by atoms with Gasteiger partial charge in [-0.2, -0.15) is 0 Å². The van der Waals surface area contributed by atoms with E-state index in [1.807, 2.05) is 54.6 Å². The van der Waals surface area contributed by atoms with E-state index < -0.39 is 0 Å². The minimum atomic E-state index is 0.582.